The molecule has 0 spiro atoms. The molecule has 1 aliphatic heterocycles. The summed E-state index contributed by atoms with van der Waals surface area (Å²) in [5, 5.41) is 13.3. The molecule has 4 unspecified atom stereocenters. The average molecular weight is 515 g/mol. The van der Waals surface area contributed by atoms with Crippen molar-refractivity contribution in [3.8, 4) is 17.6 Å². The summed E-state index contributed by atoms with van der Waals surface area (Å²) >= 11 is 0. The molecule has 2 aliphatic rings. The maximum Gasteiger partial charge on any atom is 0.271 e. The van der Waals surface area contributed by atoms with Gasteiger partial charge in [-0.05, 0) is 49.6 Å². The Morgan fingerprint density at radius 1 is 1.21 bits per heavy atom. The van der Waals surface area contributed by atoms with Gasteiger partial charge in [0.05, 0.1) is 19.7 Å². The number of H-pyrrole nitrogens is 1. The fourth-order valence-corrected chi connectivity index (χ4v) is 5.46. The monoisotopic (exact) mass is 514 g/mol. The SMILES string of the molecule is COc1cccc2[nH]c(C(=O)N3CC(Oc4ccccc4)CC3C(=O)NC(C#N)CC3CCCC3=O)cc12. The Labute approximate surface area is 220 Å². The van der Waals surface area contributed by atoms with E-state index in [1.54, 1.807) is 13.2 Å². The van der Waals surface area contributed by atoms with E-state index >= 15 is 0 Å². The number of ketones is 1. The Bertz CT molecular complexity index is 1380. The zero-order chi connectivity index (χ0) is 26.6. The molecule has 9 heteroatoms. The third-order valence-electron chi connectivity index (χ3n) is 7.37. The first-order valence-corrected chi connectivity index (χ1v) is 12.9. The van der Waals surface area contributed by atoms with Crippen molar-refractivity contribution in [3.63, 3.8) is 0 Å². The summed E-state index contributed by atoms with van der Waals surface area (Å²) in [6, 6.07) is 17.0. The van der Waals surface area contributed by atoms with Gasteiger partial charge >= 0.3 is 0 Å². The Hall–Kier alpha value is -4.32. The lowest BCUT2D eigenvalue weighted by Crippen LogP contribution is -2.49. The number of rotatable bonds is 8. The minimum Gasteiger partial charge on any atom is -0.496 e. The van der Waals surface area contributed by atoms with Crippen LogP contribution in [-0.4, -0.2) is 59.3 Å². The number of methoxy groups -OCH3 is 1. The number of aromatic nitrogens is 1. The smallest absolute Gasteiger partial charge is 0.271 e. The molecule has 1 saturated carbocycles. The van der Waals surface area contributed by atoms with Crippen molar-refractivity contribution >= 4 is 28.5 Å². The van der Waals surface area contributed by atoms with Crippen LogP contribution in [0.4, 0.5) is 0 Å². The molecule has 2 heterocycles. The first-order valence-electron chi connectivity index (χ1n) is 12.9. The predicted molar refractivity (Wildman–Crippen MR) is 140 cm³/mol. The fraction of sp³-hybridized carbons (Fsp3) is 0.379. The zero-order valence-electron chi connectivity index (χ0n) is 21.2. The number of nitrogens with one attached hydrogen (secondary N) is 2. The van der Waals surface area contributed by atoms with Gasteiger partial charge in [-0.2, -0.15) is 5.26 Å². The third kappa shape index (κ3) is 5.21. The zero-order valence-corrected chi connectivity index (χ0v) is 21.2. The first-order chi connectivity index (χ1) is 18.5. The lowest BCUT2D eigenvalue weighted by Gasteiger charge is -2.24. The summed E-state index contributed by atoms with van der Waals surface area (Å²) in [7, 11) is 1.57. The highest BCUT2D eigenvalue weighted by Crippen LogP contribution is 2.30. The number of fused-ring (bicyclic) bond motifs is 1. The van der Waals surface area contributed by atoms with E-state index in [1.807, 2.05) is 48.5 Å². The summed E-state index contributed by atoms with van der Waals surface area (Å²) in [4.78, 5) is 43.9. The molecular weight excluding hydrogens is 484 g/mol. The molecular formula is C29H30N4O5. The maximum absolute atomic E-state index is 13.7. The second kappa shape index (κ2) is 11.0. The quantitative estimate of drug-likeness (QED) is 0.473. The Balaban J connectivity index is 1.37. The van der Waals surface area contributed by atoms with Gasteiger partial charge in [0.2, 0.25) is 5.91 Å². The van der Waals surface area contributed by atoms with E-state index in [0.717, 1.165) is 23.7 Å². The molecule has 2 N–H and O–H groups in total. The van der Waals surface area contributed by atoms with Crippen molar-refractivity contribution in [2.24, 2.45) is 5.92 Å². The van der Waals surface area contributed by atoms with Crippen molar-refractivity contribution in [3.05, 3.63) is 60.3 Å². The average Bonchev–Trinajstić information content (AvgIpc) is 3.66. The number of aromatic amines is 1. The van der Waals surface area contributed by atoms with Crippen LogP contribution in [-0.2, 0) is 9.59 Å². The van der Waals surface area contributed by atoms with Crippen LogP contribution in [0.25, 0.3) is 10.9 Å². The topological polar surface area (TPSA) is 125 Å². The van der Waals surface area contributed by atoms with E-state index in [1.165, 1.54) is 4.90 Å². The van der Waals surface area contributed by atoms with Crippen LogP contribution in [0, 0.1) is 17.2 Å². The Morgan fingerprint density at radius 3 is 2.74 bits per heavy atom. The number of hydrogen-bond donors (Lipinski definition) is 2. The van der Waals surface area contributed by atoms with Crippen molar-refractivity contribution in [2.45, 2.75) is 50.3 Å². The third-order valence-corrected chi connectivity index (χ3v) is 7.37. The molecule has 0 radical (unpaired) electrons. The van der Waals surface area contributed by atoms with Gasteiger partial charge in [0.1, 0.15) is 41.2 Å². The number of carbonyl (C=O) groups is 3. The molecule has 3 aromatic rings. The lowest BCUT2D eigenvalue weighted by atomic mass is 9.98. The van der Waals surface area contributed by atoms with Crippen molar-refractivity contribution < 1.29 is 23.9 Å². The van der Waals surface area contributed by atoms with Crippen LogP contribution >= 0.6 is 0 Å². The minimum atomic E-state index is -0.834. The van der Waals surface area contributed by atoms with Gasteiger partial charge in [0.15, 0.2) is 0 Å². The normalized spacial score (nSPS) is 21.7. The molecule has 2 amide bonds. The summed E-state index contributed by atoms with van der Waals surface area (Å²) < 4.78 is 11.5. The Kier molecular flexibility index (Phi) is 7.31. The van der Waals surface area contributed by atoms with E-state index in [0.29, 0.717) is 23.6 Å². The molecule has 1 saturated heterocycles. The molecule has 5 rings (SSSR count). The molecule has 38 heavy (non-hydrogen) atoms. The number of hydrogen-bond acceptors (Lipinski definition) is 6. The van der Waals surface area contributed by atoms with Crippen molar-refractivity contribution in [1.29, 1.82) is 5.26 Å². The molecule has 0 bridgehead atoms. The van der Waals surface area contributed by atoms with Crippen LogP contribution in [0.3, 0.4) is 0 Å². The van der Waals surface area contributed by atoms with Gasteiger partial charge in [-0.1, -0.05) is 24.3 Å². The van der Waals surface area contributed by atoms with E-state index in [2.05, 4.69) is 16.4 Å². The van der Waals surface area contributed by atoms with E-state index in [9.17, 15) is 19.6 Å². The largest absolute Gasteiger partial charge is 0.496 e. The van der Waals surface area contributed by atoms with Gasteiger partial charge < -0.3 is 24.7 Å². The van der Waals surface area contributed by atoms with Crippen LogP contribution in [0.1, 0.15) is 42.6 Å². The van der Waals surface area contributed by atoms with Gasteiger partial charge in [-0.3, -0.25) is 14.4 Å². The summed E-state index contributed by atoms with van der Waals surface area (Å²) in [6.45, 7) is 0.205. The highest BCUT2D eigenvalue weighted by atomic mass is 16.5. The predicted octanol–water partition coefficient (Wildman–Crippen LogP) is 3.61. The van der Waals surface area contributed by atoms with Crippen LogP contribution in [0.15, 0.2) is 54.6 Å². The number of nitrogens with zero attached hydrogens (tertiary/aromatic N) is 2. The standard InChI is InChI=1S/C29H30N4O5/c1-37-27-12-6-10-23-22(27)15-24(32-23)29(36)33-17-21(38-20-8-3-2-4-9-20)14-25(33)28(35)31-19(16-30)13-18-7-5-11-26(18)34/h2-4,6,8-10,12,15,18-19,21,25,32H,5,7,11,13-14,17H2,1H3,(H,31,35). The highest BCUT2D eigenvalue weighted by Gasteiger charge is 2.42. The summed E-state index contributed by atoms with van der Waals surface area (Å²) in [5.41, 5.74) is 1.08. The second-order valence-corrected chi connectivity index (χ2v) is 9.85. The van der Waals surface area contributed by atoms with E-state index < -0.39 is 24.1 Å². The number of nitriles is 1. The molecule has 196 valence electrons. The minimum absolute atomic E-state index is 0.141. The number of Topliss-reactive ketones (excluding diaryl/α,β-unsaturated/α-hetero) is 1. The molecule has 4 atom stereocenters. The van der Waals surface area contributed by atoms with E-state index in [-0.39, 0.29) is 37.0 Å². The number of carbonyl (C=O) groups excluding carboxylic acids is 3. The highest BCUT2D eigenvalue weighted by molar-refractivity contribution is 6.01. The number of amides is 2. The van der Waals surface area contributed by atoms with Crippen LogP contribution < -0.4 is 14.8 Å². The maximum atomic E-state index is 13.7. The number of ether oxygens (including phenoxy) is 2. The van der Waals surface area contributed by atoms with Crippen LogP contribution in [0.5, 0.6) is 11.5 Å². The molecule has 2 aromatic carbocycles. The summed E-state index contributed by atoms with van der Waals surface area (Å²) in [6.07, 6.45) is 2.22. The van der Waals surface area contributed by atoms with Gasteiger partial charge in [0, 0.05) is 29.7 Å². The van der Waals surface area contributed by atoms with Gasteiger partial charge in [-0.15, -0.1) is 0 Å². The summed E-state index contributed by atoms with van der Waals surface area (Å²) in [5.74, 6) is 0.442. The fourth-order valence-electron chi connectivity index (χ4n) is 5.46. The molecule has 1 aromatic heterocycles. The number of para-hydroxylation sites is 1. The molecule has 1 aliphatic carbocycles. The molecule has 2 fully saturated rings. The first kappa shape index (κ1) is 25.3. The second-order valence-electron chi connectivity index (χ2n) is 9.85. The number of benzene rings is 2. The van der Waals surface area contributed by atoms with Crippen LogP contribution in [0.2, 0.25) is 0 Å². The van der Waals surface area contributed by atoms with Crippen molar-refractivity contribution in [1.82, 2.24) is 15.2 Å². The van der Waals surface area contributed by atoms with E-state index in [4.69, 9.17) is 9.47 Å². The Morgan fingerprint density at radius 2 is 2.03 bits per heavy atom. The van der Waals surface area contributed by atoms with Crippen molar-refractivity contribution in [2.75, 3.05) is 13.7 Å². The lowest BCUT2D eigenvalue weighted by molar-refractivity contribution is -0.126. The number of likely N-dealkylation sites (tertiary alicyclic amines) is 1. The molecule has 9 nitrogen and oxygen atoms in total. The van der Waals surface area contributed by atoms with Gasteiger partial charge in [0.25, 0.3) is 5.91 Å². The van der Waals surface area contributed by atoms with Gasteiger partial charge in [-0.25, -0.2) is 0 Å².